The summed E-state index contributed by atoms with van der Waals surface area (Å²) in [5, 5.41) is 0. The van der Waals surface area contributed by atoms with Gasteiger partial charge in [0.1, 0.15) is 0 Å². The van der Waals surface area contributed by atoms with Crippen LogP contribution in [0.3, 0.4) is 0 Å². The molecule has 4 nitrogen and oxygen atoms in total. The summed E-state index contributed by atoms with van der Waals surface area (Å²) in [5.74, 6) is 0.748. The number of carbonyl (C=O) groups excluding carboxylic acids is 1. The van der Waals surface area contributed by atoms with Gasteiger partial charge in [-0.1, -0.05) is 12.1 Å². The summed E-state index contributed by atoms with van der Waals surface area (Å²) in [6.45, 7) is 3.75. The summed E-state index contributed by atoms with van der Waals surface area (Å²) in [5.41, 5.74) is 0. The Balaban J connectivity index is 2.68. The molecule has 0 saturated carbocycles. The van der Waals surface area contributed by atoms with Gasteiger partial charge in [-0.25, -0.2) is 4.79 Å². The van der Waals surface area contributed by atoms with Crippen molar-refractivity contribution in [1.82, 2.24) is 0 Å². The molecule has 0 amide bonds. The van der Waals surface area contributed by atoms with Crippen molar-refractivity contribution in [3.8, 4) is 11.5 Å². The first kappa shape index (κ1) is 12.4. The topological polar surface area (TPSA) is 44.8 Å². The van der Waals surface area contributed by atoms with Gasteiger partial charge in [0.15, 0.2) is 17.6 Å². The van der Waals surface area contributed by atoms with Gasteiger partial charge in [0.2, 0.25) is 0 Å². The third kappa shape index (κ3) is 3.15. The van der Waals surface area contributed by atoms with E-state index >= 15 is 0 Å². The van der Waals surface area contributed by atoms with Gasteiger partial charge in [-0.15, -0.1) is 0 Å². The molecule has 0 N–H and O–H groups in total. The second kappa shape index (κ2) is 6.00. The Hall–Kier alpha value is -1.71. The van der Waals surface area contributed by atoms with Crippen LogP contribution in [0.4, 0.5) is 0 Å². The molecule has 0 unspecified atom stereocenters. The molecular weight excluding hydrogens is 208 g/mol. The molecule has 1 aromatic carbocycles. The number of esters is 1. The summed E-state index contributed by atoms with van der Waals surface area (Å²) < 4.78 is 15.4. The van der Waals surface area contributed by atoms with Gasteiger partial charge in [-0.05, 0) is 26.0 Å². The van der Waals surface area contributed by atoms with Gasteiger partial charge >= 0.3 is 5.97 Å². The zero-order valence-electron chi connectivity index (χ0n) is 9.73. The Morgan fingerprint density at radius 2 is 1.94 bits per heavy atom. The van der Waals surface area contributed by atoms with E-state index in [1.165, 1.54) is 0 Å². The van der Waals surface area contributed by atoms with Gasteiger partial charge in [0, 0.05) is 0 Å². The lowest BCUT2D eigenvalue weighted by Gasteiger charge is -2.15. The third-order valence-electron chi connectivity index (χ3n) is 1.99. The molecule has 0 aromatic heterocycles. The first-order valence-electron chi connectivity index (χ1n) is 5.15. The largest absolute Gasteiger partial charge is 0.493 e. The maximum Gasteiger partial charge on any atom is 0.347 e. The maximum absolute atomic E-state index is 11.4. The fourth-order valence-electron chi connectivity index (χ4n) is 1.21. The maximum atomic E-state index is 11.4. The molecular formula is C12H16O4. The lowest BCUT2D eigenvalue weighted by Crippen LogP contribution is -2.26. The van der Waals surface area contributed by atoms with Gasteiger partial charge in [-0.3, -0.25) is 0 Å². The number of ether oxygens (including phenoxy) is 3. The van der Waals surface area contributed by atoms with Crippen molar-refractivity contribution in [1.29, 1.82) is 0 Å². The quantitative estimate of drug-likeness (QED) is 0.718. The highest BCUT2D eigenvalue weighted by Gasteiger charge is 2.17. The molecule has 0 heterocycles. The minimum atomic E-state index is -0.642. The molecule has 4 heteroatoms. The summed E-state index contributed by atoms with van der Waals surface area (Å²) in [6.07, 6.45) is -0.642. The van der Waals surface area contributed by atoms with Crippen molar-refractivity contribution in [2.75, 3.05) is 13.7 Å². The van der Waals surface area contributed by atoms with E-state index < -0.39 is 6.10 Å². The molecule has 0 spiro atoms. The summed E-state index contributed by atoms with van der Waals surface area (Å²) in [4.78, 5) is 11.4. The minimum absolute atomic E-state index is 0.346. The van der Waals surface area contributed by atoms with Crippen molar-refractivity contribution in [3.63, 3.8) is 0 Å². The molecule has 0 bridgehead atoms. The van der Waals surface area contributed by atoms with Crippen LogP contribution in [-0.4, -0.2) is 25.8 Å². The smallest absolute Gasteiger partial charge is 0.347 e. The fourth-order valence-corrected chi connectivity index (χ4v) is 1.21. The van der Waals surface area contributed by atoms with Gasteiger partial charge in [0.25, 0.3) is 0 Å². The molecule has 0 radical (unpaired) electrons. The molecule has 88 valence electrons. The normalized spacial score (nSPS) is 11.7. The Bertz CT molecular complexity index is 349. The lowest BCUT2D eigenvalue weighted by molar-refractivity contribution is -0.150. The van der Waals surface area contributed by atoms with Crippen LogP contribution in [0.15, 0.2) is 24.3 Å². The molecule has 1 rings (SSSR count). The predicted octanol–water partition coefficient (Wildman–Crippen LogP) is 2.03. The van der Waals surface area contributed by atoms with Crippen LogP contribution in [0.25, 0.3) is 0 Å². The predicted molar refractivity (Wildman–Crippen MR) is 59.7 cm³/mol. The molecule has 0 aliphatic heterocycles. The SMILES string of the molecule is CCOC(=O)[C@@H](C)Oc1ccccc1OC. The van der Waals surface area contributed by atoms with Gasteiger partial charge in [0.05, 0.1) is 13.7 Å². The Labute approximate surface area is 95.1 Å². The molecule has 1 atom stereocenters. The zero-order chi connectivity index (χ0) is 12.0. The number of hydrogen-bond donors (Lipinski definition) is 0. The van der Waals surface area contributed by atoms with E-state index in [2.05, 4.69) is 0 Å². The van der Waals surface area contributed by atoms with E-state index in [0.29, 0.717) is 18.1 Å². The number of rotatable bonds is 5. The van der Waals surface area contributed by atoms with Crippen LogP contribution in [0.5, 0.6) is 11.5 Å². The minimum Gasteiger partial charge on any atom is -0.493 e. The Kier molecular flexibility index (Phi) is 4.64. The van der Waals surface area contributed by atoms with E-state index in [0.717, 1.165) is 0 Å². The van der Waals surface area contributed by atoms with E-state index in [4.69, 9.17) is 14.2 Å². The number of hydrogen-bond acceptors (Lipinski definition) is 4. The van der Waals surface area contributed by atoms with E-state index in [1.807, 2.05) is 12.1 Å². The molecule has 0 fully saturated rings. The van der Waals surface area contributed by atoms with E-state index in [1.54, 1.807) is 33.1 Å². The van der Waals surface area contributed by atoms with Crippen molar-refractivity contribution < 1.29 is 19.0 Å². The van der Waals surface area contributed by atoms with Gasteiger partial charge < -0.3 is 14.2 Å². The highest BCUT2D eigenvalue weighted by atomic mass is 16.6. The first-order valence-corrected chi connectivity index (χ1v) is 5.15. The van der Waals surface area contributed by atoms with Crippen LogP contribution in [-0.2, 0) is 9.53 Å². The van der Waals surface area contributed by atoms with E-state index in [9.17, 15) is 4.79 Å². The zero-order valence-corrected chi connectivity index (χ0v) is 9.73. The van der Waals surface area contributed by atoms with Crippen LogP contribution in [0, 0.1) is 0 Å². The standard InChI is InChI=1S/C12H16O4/c1-4-15-12(13)9(2)16-11-8-6-5-7-10(11)14-3/h5-9H,4H2,1-3H3/t9-/m1/s1. The van der Waals surface area contributed by atoms with Gasteiger partial charge in [-0.2, -0.15) is 0 Å². The van der Waals surface area contributed by atoms with Crippen molar-refractivity contribution in [3.05, 3.63) is 24.3 Å². The summed E-state index contributed by atoms with van der Waals surface area (Å²) >= 11 is 0. The second-order valence-corrected chi connectivity index (χ2v) is 3.16. The fraction of sp³-hybridized carbons (Fsp3) is 0.417. The van der Waals surface area contributed by atoms with Crippen molar-refractivity contribution in [2.45, 2.75) is 20.0 Å². The molecule has 0 aliphatic carbocycles. The summed E-state index contributed by atoms with van der Waals surface area (Å²) in [7, 11) is 1.55. The molecule has 16 heavy (non-hydrogen) atoms. The number of methoxy groups -OCH3 is 1. The molecule has 0 aliphatic rings. The summed E-state index contributed by atoms with van der Waals surface area (Å²) in [6, 6.07) is 7.16. The van der Waals surface area contributed by atoms with Crippen LogP contribution in [0.1, 0.15) is 13.8 Å². The van der Waals surface area contributed by atoms with Crippen molar-refractivity contribution >= 4 is 5.97 Å². The molecule has 1 aromatic rings. The highest BCUT2D eigenvalue weighted by Crippen LogP contribution is 2.26. The Morgan fingerprint density at radius 3 is 2.50 bits per heavy atom. The average molecular weight is 224 g/mol. The molecule has 0 saturated heterocycles. The van der Waals surface area contributed by atoms with E-state index in [-0.39, 0.29) is 5.97 Å². The van der Waals surface area contributed by atoms with Crippen LogP contribution < -0.4 is 9.47 Å². The van der Waals surface area contributed by atoms with Crippen molar-refractivity contribution in [2.24, 2.45) is 0 Å². The Morgan fingerprint density at radius 1 is 1.31 bits per heavy atom. The lowest BCUT2D eigenvalue weighted by atomic mass is 10.3. The first-order chi connectivity index (χ1) is 7.69. The number of benzene rings is 1. The third-order valence-corrected chi connectivity index (χ3v) is 1.99. The monoisotopic (exact) mass is 224 g/mol. The average Bonchev–Trinajstić information content (AvgIpc) is 2.30. The number of carbonyl (C=O) groups is 1. The van der Waals surface area contributed by atoms with Crippen LogP contribution in [0.2, 0.25) is 0 Å². The number of para-hydroxylation sites is 2. The highest BCUT2D eigenvalue weighted by molar-refractivity contribution is 5.74. The second-order valence-electron chi connectivity index (χ2n) is 3.16. The van der Waals surface area contributed by atoms with Crippen LogP contribution >= 0.6 is 0 Å².